The number of aliphatic hydroxyl groups excluding tert-OH is 1. The molecule has 3 aromatic rings. The molecule has 30 heavy (non-hydrogen) atoms. The number of fused-ring (bicyclic) bond motifs is 1. The Bertz CT molecular complexity index is 989. The number of carbonyl (C=O) groups is 1. The molecule has 0 saturated carbocycles. The number of rotatable bonds is 8. The predicted octanol–water partition coefficient (Wildman–Crippen LogP) is 4.24. The van der Waals surface area contributed by atoms with Crippen molar-refractivity contribution < 1.29 is 29.2 Å². The fourth-order valence-electron chi connectivity index (χ4n) is 3.35. The van der Waals surface area contributed by atoms with Crippen molar-refractivity contribution >= 4 is 22.6 Å². The van der Waals surface area contributed by atoms with E-state index < -0.39 is 18.3 Å². The third-order valence-corrected chi connectivity index (χ3v) is 4.87. The lowest BCUT2D eigenvalue weighted by Crippen LogP contribution is -2.29. The molecule has 3 N–H and O–H groups in total. The standard InChI is InChI=1S/C23H25NO6/c1-28-16-9-7-15(8-10-16)24-23(27)30-22(21(29-2)13-14-25)19-11-12-20(26)18-6-4-3-5-17(18)19/h3-12,21-22,25-26H,13-14H2,1-2H3,(H,24,27)/t21-,22-/m1/s1. The summed E-state index contributed by atoms with van der Waals surface area (Å²) in [6.07, 6.45) is -1.77. The Kier molecular flexibility index (Phi) is 7.11. The van der Waals surface area contributed by atoms with Gasteiger partial charge in [0.15, 0.2) is 6.10 Å². The molecule has 0 fully saturated rings. The number of carbonyl (C=O) groups excluding carboxylic acids is 1. The number of hydrogen-bond acceptors (Lipinski definition) is 6. The fourth-order valence-corrected chi connectivity index (χ4v) is 3.35. The molecular formula is C23H25NO6. The first kappa shape index (κ1) is 21.4. The molecule has 1 amide bonds. The van der Waals surface area contributed by atoms with Crippen molar-refractivity contribution in [3.8, 4) is 11.5 Å². The maximum atomic E-state index is 12.6. The Hall–Kier alpha value is -3.29. The second-order valence-electron chi connectivity index (χ2n) is 6.69. The van der Waals surface area contributed by atoms with E-state index in [1.165, 1.54) is 7.11 Å². The van der Waals surface area contributed by atoms with Gasteiger partial charge in [0.05, 0.1) is 7.11 Å². The van der Waals surface area contributed by atoms with Crippen LogP contribution < -0.4 is 10.1 Å². The lowest BCUT2D eigenvalue weighted by molar-refractivity contribution is -0.0299. The molecular weight excluding hydrogens is 386 g/mol. The number of anilines is 1. The fraction of sp³-hybridized carbons (Fsp3) is 0.261. The quantitative estimate of drug-likeness (QED) is 0.513. The minimum Gasteiger partial charge on any atom is -0.507 e. The van der Waals surface area contributed by atoms with Gasteiger partial charge in [0, 0.05) is 36.8 Å². The average Bonchev–Trinajstić information content (AvgIpc) is 2.77. The number of aliphatic hydroxyl groups is 1. The first-order chi connectivity index (χ1) is 14.6. The molecule has 0 bridgehead atoms. The summed E-state index contributed by atoms with van der Waals surface area (Å²) in [7, 11) is 3.07. The molecule has 2 atom stereocenters. The van der Waals surface area contributed by atoms with Gasteiger partial charge in [-0.2, -0.15) is 0 Å². The molecule has 0 aliphatic rings. The van der Waals surface area contributed by atoms with Gasteiger partial charge in [0.1, 0.15) is 17.6 Å². The van der Waals surface area contributed by atoms with E-state index in [9.17, 15) is 15.0 Å². The Morgan fingerprint density at radius 3 is 2.33 bits per heavy atom. The Morgan fingerprint density at radius 2 is 1.70 bits per heavy atom. The number of ether oxygens (including phenoxy) is 3. The highest BCUT2D eigenvalue weighted by atomic mass is 16.6. The summed E-state index contributed by atoms with van der Waals surface area (Å²) in [6, 6.07) is 17.4. The first-order valence-corrected chi connectivity index (χ1v) is 9.53. The van der Waals surface area contributed by atoms with Gasteiger partial charge < -0.3 is 24.4 Å². The van der Waals surface area contributed by atoms with Crippen molar-refractivity contribution in [3.05, 3.63) is 66.2 Å². The number of methoxy groups -OCH3 is 2. The molecule has 0 aromatic heterocycles. The summed E-state index contributed by atoms with van der Waals surface area (Å²) in [5.41, 5.74) is 1.22. The van der Waals surface area contributed by atoms with Crippen molar-refractivity contribution in [3.63, 3.8) is 0 Å². The molecule has 0 saturated heterocycles. The minimum absolute atomic E-state index is 0.130. The van der Waals surface area contributed by atoms with E-state index >= 15 is 0 Å². The van der Waals surface area contributed by atoms with Gasteiger partial charge in [0.25, 0.3) is 0 Å². The van der Waals surface area contributed by atoms with E-state index in [1.54, 1.807) is 49.6 Å². The van der Waals surface area contributed by atoms with Crippen molar-refractivity contribution in [1.29, 1.82) is 0 Å². The van der Waals surface area contributed by atoms with Gasteiger partial charge >= 0.3 is 6.09 Å². The van der Waals surface area contributed by atoms with E-state index in [-0.39, 0.29) is 18.8 Å². The van der Waals surface area contributed by atoms with Crippen molar-refractivity contribution in [1.82, 2.24) is 0 Å². The molecule has 3 aromatic carbocycles. The van der Waals surface area contributed by atoms with Crippen LogP contribution in [0.1, 0.15) is 18.1 Å². The van der Waals surface area contributed by atoms with Crippen LogP contribution in [0.25, 0.3) is 10.8 Å². The van der Waals surface area contributed by atoms with Gasteiger partial charge in [-0.05, 0) is 35.7 Å². The summed E-state index contributed by atoms with van der Waals surface area (Å²) in [5.74, 6) is 0.802. The number of phenolic OH excluding ortho intramolecular Hbond substituents is 1. The normalized spacial score (nSPS) is 12.9. The molecule has 0 aliphatic heterocycles. The summed E-state index contributed by atoms with van der Waals surface area (Å²) in [6.45, 7) is -0.130. The van der Waals surface area contributed by atoms with Crippen LogP contribution in [0.15, 0.2) is 60.7 Å². The zero-order valence-electron chi connectivity index (χ0n) is 16.9. The maximum absolute atomic E-state index is 12.6. The maximum Gasteiger partial charge on any atom is 0.412 e. The molecule has 3 rings (SSSR count). The van der Waals surface area contributed by atoms with Gasteiger partial charge in [-0.3, -0.25) is 5.32 Å². The molecule has 0 spiro atoms. The van der Waals surface area contributed by atoms with Crippen LogP contribution in [0.5, 0.6) is 11.5 Å². The molecule has 0 radical (unpaired) electrons. The zero-order valence-corrected chi connectivity index (χ0v) is 16.9. The van der Waals surface area contributed by atoms with E-state index in [0.29, 0.717) is 22.4 Å². The molecule has 0 unspecified atom stereocenters. The van der Waals surface area contributed by atoms with Crippen LogP contribution in [0.4, 0.5) is 10.5 Å². The number of phenols is 1. The van der Waals surface area contributed by atoms with E-state index in [4.69, 9.17) is 14.2 Å². The number of hydrogen-bond donors (Lipinski definition) is 3. The van der Waals surface area contributed by atoms with E-state index in [2.05, 4.69) is 5.32 Å². The molecule has 158 valence electrons. The van der Waals surface area contributed by atoms with Crippen molar-refractivity contribution in [2.45, 2.75) is 18.6 Å². The molecule has 0 heterocycles. The first-order valence-electron chi connectivity index (χ1n) is 9.53. The summed E-state index contributed by atoms with van der Waals surface area (Å²) < 4.78 is 16.4. The highest BCUT2D eigenvalue weighted by Gasteiger charge is 2.29. The number of nitrogens with one attached hydrogen (secondary N) is 1. The average molecular weight is 411 g/mol. The lowest BCUT2D eigenvalue weighted by atomic mass is 9.95. The summed E-state index contributed by atoms with van der Waals surface area (Å²) in [5, 5.41) is 23.7. The number of aromatic hydroxyl groups is 1. The van der Waals surface area contributed by atoms with Gasteiger partial charge in [0.2, 0.25) is 0 Å². The smallest absolute Gasteiger partial charge is 0.412 e. The van der Waals surface area contributed by atoms with Gasteiger partial charge in [-0.1, -0.05) is 30.3 Å². The van der Waals surface area contributed by atoms with E-state index in [1.807, 2.05) is 18.2 Å². The topological polar surface area (TPSA) is 97.3 Å². The van der Waals surface area contributed by atoms with Crippen molar-refractivity contribution in [2.75, 3.05) is 26.1 Å². The highest BCUT2D eigenvalue weighted by Crippen LogP contribution is 2.35. The predicted molar refractivity (Wildman–Crippen MR) is 114 cm³/mol. The third kappa shape index (κ3) is 4.82. The Labute approximate surface area is 174 Å². The summed E-state index contributed by atoms with van der Waals surface area (Å²) in [4.78, 5) is 12.6. The molecule has 0 aliphatic carbocycles. The lowest BCUT2D eigenvalue weighted by Gasteiger charge is -2.27. The van der Waals surface area contributed by atoms with Crippen LogP contribution in [0, 0.1) is 0 Å². The highest BCUT2D eigenvalue weighted by molar-refractivity contribution is 5.91. The van der Waals surface area contributed by atoms with Crippen LogP contribution in [0.3, 0.4) is 0 Å². The second kappa shape index (κ2) is 9.96. The largest absolute Gasteiger partial charge is 0.507 e. The minimum atomic E-state index is -0.800. The van der Waals surface area contributed by atoms with Crippen molar-refractivity contribution in [2.24, 2.45) is 0 Å². The van der Waals surface area contributed by atoms with Crippen LogP contribution in [0.2, 0.25) is 0 Å². The van der Waals surface area contributed by atoms with Crippen LogP contribution in [-0.2, 0) is 9.47 Å². The number of amides is 1. The van der Waals surface area contributed by atoms with Gasteiger partial charge in [-0.25, -0.2) is 4.79 Å². The summed E-state index contributed by atoms with van der Waals surface area (Å²) >= 11 is 0. The monoisotopic (exact) mass is 411 g/mol. The Morgan fingerprint density at radius 1 is 1.00 bits per heavy atom. The number of benzene rings is 3. The molecule has 7 nitrogen and oxygen atoms in total. The van der Waals surface area contributed by atoms with Crippen LogP contribution >= 0.6 is 0 Å². The Balaban J connectivity index is 1.91. The zero-order chi connectivity index (χ0) is 21.5. The third-order valence-electron chi connectivity index (χ3n) is 4.87. The molecule has 7 heteroatoms. The van der Waals surface area contributed by atoms with Gasteiger partial charge in [-0.15, -0.1) is 0 Å². The van der Waals surface area contributed by atoms with E-state index in [0.717, 1.165) is 5.39 Å². The van der Waals surface area contributed by atoms with Crippen LogP contribution in [-0.4, -0.2) is 43.2 Å². The SMILES string of the molecule is COc1ccc(NC(=O)O[C@H](c2ccc(O)c3ccccc23)[C@@H](CCO)OC)cc1. The second-order valence-corrected chi connectivity index (χ2v) is 6.69.